The molecular formula is C14H12N2. The van der Waals surface area contributed by atoms with Crippen molar-refractivity contribution in [2.24, 2.45) is 0 Å². The molecule has 0 atom stereocenters. The van der Waals surface area contributed by atoms with Crippen LogP contribution in [0.4, 0.5) is 0 Å². The van der Waals surface area contributed by atoms with E-state index in [9.17, 15) is 0 Å². The Morgan fingerprint density at radius 2 is 1.75 bits per heavy atom. The average molecular weight is 208 g/mol. The van der Waals surface area contributed by atoms with Crippen LogP contribution in [0.5, 0.6) is 0 Å². The van der Waals surface area contributed by atoms with E-state index >= 15 is 0 Å². The molecule has 0 amide bonds. The minimum absolute atomic E-state index is 0.637. The molecule has 2 rings (SSSR count). The summed E-state index contributed by atoms with van der Waals surface area (Å²) in [6.07, 6.45) is 3.41. The molecule has 0 aliphatic carbocycles. The second-order valence-electron chi connectivity index (χ2n) is 3.84. The fraction of sp³-hybridized carbons (Fsp3) is 0.143. The van der Waals surface area contributed by atoms with Crippen molar-refractivity contribution < 1.29 is 0 Å². The number of benzene rings is 1. The molecule has 0 saturated heterocycles. The molecule has 0 aliphatic rings. The van der Waals surface area contributed by atoms with Crippen molar-refractivity contribution >= 4 is 0 Å². The molecule has 0 N–H and O–H groups in total. The van der Waals surface area contributed by atoms with Crippen LogP contribution in [0.15, 0.2) is 36.7 Å². The molecular weight excluding hydrogens is 196 g/mol. The Morgan fingerprint density at radius 3 is 2.38 bits per heavy atom. The summed E-state index contributed by atoms with van der Waals surface area (Å²) in [5.74, 6) is 0. The lowest BCUT2D eigenvalue weighted by Crippen LogP contribution is -1.90. The summed E-state index contributed by atoms with van der Waals surface area (Å²) < 4.78 is 0. The van der Waals surface area contributed by atoms with Gasteiger partial charge in [-0.15, -0.1) is 0 Å². The van der Waals surface area contributed by atoms with Gasteiger partial charge in [-0.1, -0.05) is 29.8 Å². The van der Waals surface area contributed by atoms with Gasteiger partial charge >= 0.3 is 0 Å². The first-order valence-electron chi connectivity index (χ1n) is 5.14. The second kappa shape index (κ2) is 4.16. The zero-order valence-corrected chi connectivity index (χ0v) is 9.36. The van der Waals surface area contributed by atoms with Crippen LogP contribution in [0.2, 0.25) is 0 Å². The van der Waals surface area contributed by atoms with Gasteiger partial charge in [0, 0.05) is 18.0 Å². The normalized spacial score (nSPS) is 9.81. The molecule has 0 aliphatic heterocycles. The molecule has 0 saturated carbocycles. The summed E-state index contributed by atoms with van der Waals surface area (Å²) in [6, 6.07) is 10.4. The number of aryl methyl sites for hydroxylation is 1. The smallest absolute Gasteiger partial charge is 0.101 e. The van der Waals surface area contributed by atoms with E-state index in [1.807, 2.05) is 6.92 Å². The van der Waals surface area contributed by atoms with E-state index in [2.05, 4.69) is 42.2 Å². The minimum Gasteiger partial charge on any atom is -0.263 e. The number of nitriles is 1. The molecule has 1 heterocycles. The molecule has 0 bridgehead atoms. The van der Waals surface area contributed by atoms with E-state index in [-0.39, 0.29) is 0 Å². The highest BCUT2D eigenvalue weighted by Gasteiger charge is 2.05. The Labute approximate surface area is 95.2 Å². The lowest BCUT2D eigenvalue weighted by Gasteiger charge is -2.06. The Hall–Kier alpha value is -2.14. The van der Waals surface area contributed by atoms with Crippen LogP contribution >= 0.6 is 0 Å². The summed E-state index contributed by atoms with van der Waals surface area (Å²) >= 11 is 0. The van der Waals surface area contributed by atoms with Crippen LogP contribution in [-0.4, -0.2) is 4.98 Å². The first kappa shape index (κ1) is 10.4. The fourth-order valence-corrected chi connectivity index (χ4v) is 1.66. The Morgan fingerprint density at radius 1 is 1.06 bits per heavy atom. The van der Waals surface area contributed by atoms with Gasteiger partial charge in [0.25, 0.3) is 0 Å². The van der Waals surface area contributed by atoms with Crippen molar-refractivity contribution in [3.8, 4) is 17.2 Å². The quantitative estimate of drug-likeness (QED) is 0.721. The Kier molecular flexibility index (Phi) is 2.70. The van der Waals surface area contributed by atoms with E-state index in [4.69, 9.17) is 5.26 Å². The van der Waals surface area contributed by atoms with Crippen LogP contribution < -0.4 is 0 Å². The van der Waals surface area contributed by atoms with Crippen LogP contribution in [0.1, 0.15) is 16.7 Å². The average Bonchev–Trinajstić information content (AvgIpc) is 2.31. The third-order valence-corrected chi connectivity index (χ3v) is 2.70. The van der Waals surface area contributed by atoms with Gasteiger partial charge in [-0.25, -0.2) is 0 Å². The molecule has 0 spiro atoms. The zero-order chi connectivity index (χ0) is 11.5. The predicted octanol–water partition coefficient (Wildman–Crippen LogP) is 3.24. The lowest BCUT2D eigenvalue weighted by molar-refractivity contribution is 1.25. The largest absolute Gasteiger partial charge is 0.263 e. The first-order valence-corrected chi connectivity index (χ1v) is 5.14. The lowest BCUT2D eigenvalue weighted by atomic mass is 9.99. The Balaban J connectivity index is 2.57. The van der Waals surface area contributed by atoms with Gasteiger partial charge in [0.1, 0.15) is 6.07 Å². The van der Waals surface area contributed by atoms with Gasteiger partial charge in [0.05, 0.1) is 5.56 Å². The molecule has 2 aromatic rings. The summed E-state index contributed by atoms with van der Waals surface area (Å²) in [5, 5.41) is 8.94. The molecule has 2 nitrogen and oxygen atoms in total. The van der Waals surface area contributed by atoms with E-state index in [1.54, 1.807) is 12.4 Å². The van der Waals surface area contributed by atoms with Gasteiger partial charge in [-0.2, -0.15) is 5.26 Å². The summed E-state index contributed by atoms with van der Waals surface area (Å²) in [6.45, 7) is 4.01. The predicted molar refractivity (Wildman–Crippen MR) is 63.9 cm³/mol. The highest BCUT2D eigenvalue weighted by atomic mass is 14.6. The first-order chi connectivity index (χ1) is 7.72. The van der Waals surface area contributed by atoms with Gasteiger partial charge in [0.2, 0.25) is 0 Å². The van der Waals surface area contributed by atoms with E-state index < -0.39 is 0 Å². The van der Waals surface area contributed by atoms with Crippen molar-refractivity contribution in [1.29, 1.82) is 5.26 Å². The van der Waals surface area contributed by atoms with Crippen LogP contribution in [0.25, 0.3) is 11.1 Å². The summed E-state index contributed by atoms with van der Waals surface area (Å²) in [7, 11) is 0. The molecule has 16 heavy (non-hydrogen) atoms. The maximum absolute atomic E-state index is 8.94. The number of pyridine rings is 1. The second-order valence-corrected chi connectivity index (χ2v) is 3.84. The Bertz CT molecular complexity index is 548. The topological polar surface area (TPSA) is 36.7 Å². The van der Waals surface area contributed by atoms with Crippen LogP contribution in [0.3, 0.4) is 0 Å². The van der Waals surface area contributed by atoms with E-state index in [0.29, 0.717) is 5.56 Å². The zero-order valence-electron chi connectivity index (χ0n) is 9.36. The number of hydrogen-bond acceptors (Lipinski definition) is 2. The van der Waals surface area contributed by atoms with Crippen molar-refractivity contribution in [1.82, 2.24) is 4.98 Å². The maximum atomic E-state index is 8.94. The van der Waals surface area contributed by atoms with E-state index in [0.717, 1.165) is 16.7 Å². The highest BCUT2D eigenvalue weighted by Crippen LogP contribution is 2.24. The molecule has 0 radical (unpaired) electrons. The van der Waals surface area contributed by atoms with Crippen LogP contribution in [0, 0.1) is 25.2 Å². The van der Waals surface area contributed by atoms with Crippen molar-refractivity contribution in [2.75, 3.05) is 0 Å². The molecule has 1 aromatic carbocycles. The third kappa shape index (κ3) is 1.80. The SMILES string of the molecule is Cc1ccc(-c2cncc(C#N)c2C)cc1. The standard InChI is InChI=1S/C14H12N2/c1-10-3-5-12(6-4-10)14-9-16-8-13(7-15)11(14)2/h3-6,8-9H,1-2H3. The fourth-order valence-electron chi connectivity index (χ4n) is 1.66. The van der Waals surface area contributed by atoms with Crippen LogP contribution in [-0.2, 0) is 0 Å². The highest BCUT2D eigenvalue weighted by molar-refractivity contribution is 5.68. The van der Waals surface area contributed by atoms with Crippen molar-refractivity contribution in [2.45, 2.75) is 13.8 Å². The molecule has 1 aromatic heterocycles. The summed E-state index contributed by atoms with van der Waals surface area (Å²) in [5.41, 5.74) is 4.98. The third-order valence-electron chi connectivity index (χ3n) is 2.70. The van der Waals surface area contributed by atoms with Gasteiger partial charge in [-0.3, -0.25) is 4.98 Å². The number of aromatic nitrogens is 1. The maximum Gasteiger partial charge on any atom is 0.101 e. The van der Waals surface area contributed by atoms with Gasteiger partial charge in [0.15, 0.2) is 0 Å². The molecule has 0 fully saturated rings. The number of rotatable bonds is 1. The van der Waals surface area contributed by atoms with E-state index in [1.165, 1.54) is 5.56 Å². The van der Waals surface area contributed by atoms with Gasteiger partial charge < -0.3 is 0 Å². The number of nitrogens with zero attached hydrogens (tertiary/aromatic N) is 2. The number of hydrogen-bond donors (Lipinski definition) is 0. The molecule has 2 heteroatoms. The monoisotopic (exact) mass is 208 g/mol. The van der Waals surface area contributed by atoms with Crippen molar-refractivity contribution in [3.63, 3.8) is 0 Å². The van der Waals surface area contributed by atoms with Gasteiger partial charge in [-0.05, 0) is 25.0 Å². The summed E-state index contributed by atoms with van der Waals surface area (Å²) in [4.78, 5) is 4.09. The molecule has 0 unspecified atom stereocenters. The molecule has 78 valence electrons. The van der Waals surface area contributed by atoms with Crippen molar-refractivity contribution in [3.05, 3.63) is 53.3 Å². The minimum atomic E-state index is 0.637.